The van der Waals surface area contributed by atoms with Gasteiger partial charge >= 0.3 is 6.18 Å². The molecule has 8 N–H and O–H groups in total. The molecule has 1 saturated heterocycles. The first-order chi connectivity index (χ1) is 15.4. The van der Waals surface area contributed by atoms with Crippen molar-refractivity contribution in [2.24, 2.45) is 0 Å². The summed E-state index contributed by atoms with van der Waals surface area (Å²) in [6.45, 7) is -2.38. The predicted molar refractivity (Wildman–Crippen MR) is 103 cm³/mol. The Morgan fingerprint density at radius 1 is 1.06 bits per heavy atom. The maximum absolute atomic E-state index is 12.6. The molecule has 1 aliphatic heterocycles. The van der Waals surface area contributed by atoms with E-state index in [1.54, 1.807) is 0 Å². The van der Waals surface area contributed by atoms with Crippen LogP contribution in [-0.2, 0) is 20.4 Å². The number of benzene rings is 1. The second kappa shape index (κ2) is 11.5. The number of carbonyl (C=O) groups is 1. The van der Waals surface area contributed by atoms with Crippen molar-refractivity contribution in [2.75, 3.05) is 25.1 Å². The Morgan fingerprint density at radius 3 is 2.18 bits per heavy atom. The fourth-order valence-corrected chi connectivity index (χ4v) is 3.07. The van der Waals surface area contributed by atoms with Gasteiger partial charge in [0.05, 0.1) is 25.3 Å². The van der Waals surface area contributed by atoms with Crippen molar-refractivity contribution in [1.29, 1.82) is 0 Å². The summed E-state index contributed by atoms with van der Waals surface area (Å²) in [5, 5.41) is 70.9. The van der Waals surface area contributed by atoms with Gasteiger partial charge in [0.1, 0.15) is 42.7 Å². The molecule has 2 rings (SSSR count). The van der Waals surface area contributed by atoms with Crippen LogP contribution in [0.5, 0.6) is 0 Å². The topological polar surface area (TPSA) is 189 Å². The van der Waals surface area contributed by atoms with Crippen LogP contribution in [0.3, 0.4) is 0 Å². The van der Waals surface area contributed by atoms with E-state index in [1.165, 1.54) is 0 Å². The fraction of sp³-hybridized carbons (Fsp3) is 0.632. The minimum Gasteiger partial charge on any atom is -0.394 e. The quantitative estimate of drug-likeness (QED) is 0.176. The van der Waals surface area contributed by atoms with E-state index in [0.29, 0.717) is 0 Å². The van der Waals surface area contributed by atoms with Gasteiger partial charge in [-0.2, -0.15) is 13.2 Å². The summed E-state index contributed by atoms with van der Waals surface area (Å²) < 4.78 is 48.1. The number of halogens is 3. The summed E-state index contributed by atoms with van der Waals surface area (Å²) in [5.41, 5.74) is -0.781. The van der Waals surface area contributed by atoms with E-state index >= 15 is 0 Å². The number of ether oxygens (including phenoxy) is 2. The molecule has 1 heterocycles. The lowest BCUT2D eigenvalue weighted by atomic mass is 9.98. The van der Waals surface area contributed by atoms with Crippen LogP contribution in [0, 0.1) is 0 Å². The molecule has 1 aliphatic rings. The highest BCUT2D eigenvalue weighted by atomic mass is 19.4. The first-order valence-corrected chi connectivity index (χ1v) is 9.77. The van der Waals surface area contributed by atoms with E-state index in [1.807, 2.05) is 0 Å². The Hall–Kier alpha value is -1.88. The molecule has 11 nitrogen and oxygen atoms in total. The zero-order valence-corrected chi connectivity index (χ0v) is 17.0. The van der Waals surface area contributed by atoms with Gasteiger partial charge in [0.2, 0.25) is 0 Å². The normalized spacial score (nSPS) is 28.7. The monoisotopic (exact) mass is 485 g/mol. The number of aliphatic hydroxyl groups excluding tert-OH is 7. The molecule has 1 fully saturated rings. The van der Waals surface area contributed by atoms with Crippen molar-refractivity contribution < 1.29 is 63.2 Å². The van der Waals surface area contributed by atoms with Gasteiger partial charge in [-0.3, -0.25) is 4.79 Å². The van der Waals surface area contributed by atoms with E-state index in [9.17, 15) is 53.7 Å². The molecule has 0 saturated carbocycles. The Balaban J connectivity index is 2.05. The summed E-state index contributed by atoms with van der Waals surface area (Å²) in [4.78, 5) is 12.4. The summed E-state index contributed by atoms with van der Waals surface area (Å²) in [6, 6.07) is 3.69. The average molecular weight is 485 g/mol. The van der Waals surface area contributed by atoms with Gasteiger partial charge in [-0.25, -0.2) is 0 Å². The second-order valence-electron chi connectivity index (χ2n) is 7.39. The van der Waals surface area contributed by atoms with Crippen LogP contribution in [0.4, 0.5) is 18.9 Å². The van der Waals surface area contributed by atoms with Crippen molar-refractivity contribution in [1.82, 2.24) is 0 Å². The molecular weight excluding hydrogens is 459 g/mol. The number of hydrogen-bond acceptors (Lipinski definition) is 11. The highest BCUT2D eigenvalue weighted by Crippen LogP contribution is 2.30. The van der Waals surface area contributed by atoms with Gasteiger partial charge in [-0.1, -0.05) is 0 Å². The van der Waals surface area contributed by atoms with Crippen LogP contribution >= 0.6 is 0 Å². The minimum absolute atomic E-state index is 0.123. The van der Waals surface area contributed by atoms with Crippen LogP contribution in [0.2, 0.25) is 0 Å². The molecule has 1 aromatic carbocycles. The molecular formula is C19H26F3NO10. The molecule has 1 aromatic rings. The maximum Gasteiger partial charge on any atom is 0.416 e. The summed E-state index contributed by atoms with van der Waals surface area (Å²) in [6.07, 6.45) is -19.0. The van der Waals surface area contributed by atoms with Gasteiger partial charge in [-0.15, -0.1) is 0 Å². The number of carbonyl (C=O) groups excluding carboxylic acids is 1. The van der Waals surface area contributed by atoms with Crippen molar-refractivity contribution in [2.45, 2.75) is 55.2 Å². The summed E-state index contributed by atoms with van der Waals surface area (Å²) in [5.74, 6) is -1.00. The molecule has 33 heavy (non-hydrogen) atoms. The van der Waals surface area contributed by atoms with Gasteiger partial charge in [0.25, 0.3) is 0 Å². The first-order valence-electron chi connectivity index (χ1n) is 9.77. The van der Waals surface area contributed by atoms with E-state index in [2.05, 4.69) is 5.32 Å². The third-order valence-electron chi connectivity index (χ3n) is 5.03. The Kier molecular flexibility index (Phi) is 9.54. The lowest BCUT2D eigenvalue weighted by Crippen LogP contribution is -2.61. The lowest BCUT2D eigenvalue weighted by Gasteiger charge is -2.41. The average Bonchev–Trinajstić information content (AvgIpc) is 2.79. The molecule has 2 unspecified atom stereocenters. The van der Waals surface area contributed by atoms with E-state index in [0.717, 1.165) is 24.3 Å². The van der Waals surface area contributed by atoms with Crippen LogP contribution in [0.25, 0.3) is 0 Å². The largest absolute Gasteiger partial charge is 0.416 e. The summed E-state index contributed by atoms with van der Waals surface area (Å²) in [7, 11) is 0. The third-order valence-corrected chi connectivity index (χ3v) is 5.03. The SMILES string of the molecule is O=C(CNc1ccc(C(F)(F)F)cc1)C(O)[C@H](O[C@@H]1O[C@H](CO)[C@H](O)[C@H](O)[C@H]1O)C(O)CO. The highest BCUT2D eigenvalue weighted by Gasteiger charge is 2.46. The maximum atomic E-state index is 12.6. The van der Waals surface area contributed by atoms with Crippen molar-refractivity contribution in [3.05, 3.63) is 29.8 Å². The molecule has 0 aromatic heterocycles. The van der Waals surface area contributed by atoms with Gasteiger partial charge in [0, 0.05) is 5.69 Å². The molecule has 188 valence electrons. The molecule has 0 bridgehead atoms. The zero-order valence-electron chi connectivity index (χ0n) is 17.0. The molecule has 14 heteroatoms. The number of rotatable bonds is 10. The zero-order chi connectivity index (χ0) is 24.9. The highest BCUT2D eigenvalue weighted by molar-refractivity contribution is 5.87. The number of ketones is 1. The number of anilines is 1. The number of alkyl halides is 3. The minimum atomic E-state index is -4.54. The number of aliphatic hydroxyl groups is 7. The molecule has 0 spiro atoms. The molecule has 8 atom stereocenters. The van der Waals surface area contributed by atoms with Gasteiger partial charge < -0.3 is 50.5 Å². The number of nitrogens with one attached hydrogen (secondary N) is 1. The van der Waals surface area contributed by atoms with Crippen LogP contribution in [0.15, 0.2) is 24.3 Å². The second-order valence-corrected chi connectivity index (χ2v) is 7.39. The Bertz CT molecular complexity index is 763. The first kappa shape index (κ1) is 27.4. The number of Topliss-reactive ketones (excluding diaryl/α,β-unsaturated/α-hetero) is 1. The van der Waals surface area contributed by atoms with Crippen molar-refractivity contribution in [3.63, 3.8) is 0 Å². The summed E-state index contributed by atoms with van der Waals surface area (Å²) >= 11 is 0. The van der Waals surface area contributed by atoms with E-state index in [-0.39, 0.29) is 5.69 Å². The number of hydrogen-bond donors (Lipinski definition) is 8. The fourth-order valence-electron chi connectivity index (χ4n) is 3.07. The van der Waals surface area contributed by atoms with Crippen molar-refractivity contribution in [3.8, 4) is 0 Å². The Morgan fingerprint density at radius 2 is 1.67 bits per heavy atom. The predicted octanol–water partition coefficient (Wildman–Crippen LogP) is -2.41. The third kappa shape index (κ3) is 6.81. The molecule has 0 amide bonds. The van der Waals surface area contributed by atoms with Crippen LogP contribution in [-0.4, -0.2) is 110 Å². The van der Waals surface area contributed by atoms with Gasteiger partial charge in [0.15, 0.2) is 12.1 Å². The Labute approximate surface area is 185 Å². The standard InChI is InChI=1S/C19H26F3NO10/c20-19(21,22)8-1-3-9(4-2-8)23-5-10(26)13(28)17(11(27)6-24)33-18-16(31)15(30)14(29)12(7-25)32-18/h1-4,11-18,23-25,27-31H,5-7H2/t11?,12-,13?,14+,15+,16-,17-,18+/m1/s1. The van der Waals surface area contributed by atoms with Crippen LogP contribution in [0.1, 0.15) is 5.56 Å². The molecule has 0 aliphatic carbocycles. The smallest absolute Gasteiger partial charge is 0.394 e. The lowest BCUT2D eigenvalue weighted by molar-refractivity contribution is -0.323. The van der Waals surface area contributed by atoms with Crippen molar-refractivity contribution >= 4 is 11.5 Å². The van der Waals surface area contributed by atoms with E-state index in [4.69, 9.17) is 9.47 Å². The van der Waals surface area contributed by atoms with Gasteiger partial charge in [-0.05, 0) is 24.3 Å². The molecule has 0 radical (unpaired) electrons. The van der Waals surface area contributed by atoms with E-state index < -0.39 is 86.3 Å². The van der Waals surface area contributed by atoms with Crippen LogP contribution < -0.4 is 5.32 Å².